The Balaban J connectivity index is 1.55. The molecule has 2 rings (SSSR count). The summed E-state index contributed by atoms with van der Waals surface area (Å²) in [6.07, 6.45) is 17.6. The Kier molecular flexibility index (Phi) is 12.7. The Morgan fingerprint density at radius 2 is 1.91 bits per heavy atom. The summed E-state index contributed by atoms with van der Waals surface area (Å²) in [4.78, 5) is 12.2. The van der Waals surface area contributed by atoms with Crippen LogP contribution in [-0.4, -0.2) is 25.7 Å². The second-order valence-corrected chi connectivity index (χ2v) is 8.43. The summed E-state index contributed by atoms with van der Waals surface area (Å²) in [5.41, 5.74) is 1.15. The van der Waals surface area contributed by atoms with E-state index in [4.69, 9.17) is 9.47 Å². The number of ketones is 1. The molecule has 1 aliphatic carbocycles. The van der Waals surface area contributed by atoms with Crippen molar-refractivity contribution in [1.29, 1.82) is 0 Å². The number of benzene rings is 1. The van der Waals surface area contributed by atoms with E-state index in [1.807, 2.05) is 49.4 Å². The fraction of sp³-hybridized carbons (Fsp3) is 0.536. The Hall–Kier alpha value is -2.20. The van der Waals surface area contributed by atoms with Gasteiger partial charge < -0.3 is 9.47 Å². The quantitative estimate of drug-likeness (QED) is 0.201. The van der Waals surface area contributed by atoms with E-state index in [1.165, 1.54) is 0 Å². The van der Waals surface area contributed by atoms with Gasteiger partial charge in [0.1, 0.15) is 11.9 Å². The minimum atomic E-state index is -0.852. The van der Waals surface area contributed by atoms with Crippen LogP contribution >= 0.6 is 0 Å². The lowest BCUT2D eigenvalue weighted by molar-refractivity contribution is -0.118. The van der Waals surface area contributed by atoms with Gasteiger partial charge in [-0.15, -0.1) is 0 Å². The van der Waals surface area contributed by atoms with Gasteiger partial charge in [-0.1, -0.05) is 49.4 Å². The second kappa shape index (κ2) is 15.6. The lowest BCUT2D eigenvalue weighted by Gasteiger charge is -2.17. The Morgan fingerprint density at radius 1 is 1.09 bits per heavy atom. The smallest absolute Gasteiger partial charge is 0.159 e. The molecule has 4 heteroatoms. The Morgan fingerprint density at radius 3 is 2.66 bits per heavy atom. The number of carbonyl (C=O) groups excluding carboxylic acids is 1. The summed E-state index contributed by atoms with van der Waals surface area (Å²) in [5.74, 6) is 1.17. The van der Waals surface area contributed by atoms with Crippen LogP contribution in [0.1, 0.15) is 63.9 Å². The van der Waals surface area contributed by atoms with E-state index in [9.17, 15) is 9.18 Å². The van der Waals surface area contributed by atoms with Gasteiger partial charge in [-0.25, -0.2) is 4.39 Å². The zero-order valence-electron chi connectivity index (χ0n) is 19.7. The van der Waals surface area contributed by atoms with E-state index in [0.717, 1.165) is 50.0 Å². The highest BCUT2D eigenvalue weighted by Crippen LogP contribution is 2.31. The maximum absolute atomic E-state index is 14.0. The van der Waals surface area contributed by atoms with Crippen molar-refractivity contribution in [2.75, 3.05) is 13.7 Å². The molecule has 1 aromatic rings. The summed E-state index contributed by atoms with van der Waals surface area (Å²) in [6, 6.07) is 7.94. The summed E-state index contributed by atoms with van der Waals surface area (Å²) >= 11 is 0. The van der Waals surface area contributed by atoms with Crippen molar-refractivity contribution in [3.05, 3.63) is 66.3 Å². The van der Waals surface area contributed by atoms with Crippen molar-refractivity contribution in [1.82, 2.24) is 0 Å². The average molecular weight is 443 g/mol. The number of allylic oxidation sites excluding steroid dienone is 6. The SMILES string of the molecule is CC/C=C\C[C@H](F)CCC1C(=O)C=C[C@@H]1C/C=C\CCCCOCc1ccc(OC)cc1. The molecule has 0 fully saturated rings. The van der Waals surface area contributed by atoms with Gasteiger partial charge in [-0.2, -0.15) is 0 Å². The standard InChI is InChI=1S/C28H39FO3/c1-3-4-8-12-25(29)16-19-27-24(15-20-28(27)30)11-9-6-5-7-10-21-32-22-23-13-17-26(31-2)18-14-23/h4,6,8-9,13-15,17-18,20,24-25,27H,3,5,7,10-12,16,19,21-22H2,1-2H3/b8-4-,9-6-/t24-,25-,27?/m0/s1. The number of halogens is 1. The van der Waals surface area contributed by atoms with Crippen LogP contribution in [-0.2, 0) is 16.1 Å². The third-order valence-electron chi connectivity index (χ3n) is 5.89. The predicted molar refractivity (Wildman–Crippen MR) is 130 cm³/mol. The van der Waals surface area contributed by atoms with E-state index in [-0.39, 0.29) is 17.6 Å². The minimum absolute atomic E-state index is 0.0561. The molecule has 0 aromatic heterocycles. The maximum atomic E-state index is 14.0. The largest absolute Gasteiger partial charge is 0.497 e. The maximum Gasteiger partial charge on any atom is 0.159 e. The molecule has 32 heavy (non-hydrogen) atoms. The molecule has 0 aliphatic heterocycles. The first-order chi connectivity index (χ1) is 15.6. The van der Waals surface area contributed by atoms with Crippen LogP contribution in [0.4, 0.5) is 4.39 Å². The third-order valence-corrected chi connectivity index (χ3v) is 5.89. The molecule has 0 saturated carbocycles. The van der Waals surface area contributed by atoms with E-state index in [1.54, 1.807) is 13.2 Å². The zero-order valence-corrected chi connectivity index (χ0v) is 19.7. The highest BCUT2D eigenvalue weighted by molar-refractivity contribution is 5.94. The molecule has 1 unspecified atom stereocenters. The lowest BCUT2D eigenvalue weighted by Crippen LogP contribution is -2.17. The highest BCUT2D eigenvalue weighted by atomic mass is 19.1. The van der Waals surface area contributed by atoms with Crippen molar-refractivity contribution < 1.29 is 18.7 Å². The number of hydrogen-bond donors (Lipinski definition) is 0. The fourth-order valence-corrected chi connectivity index (χ4v) is 3.92. The molecular weight excluding hydrogens is 403 g/mol. The van der Waals surface area contributed by atoms with Crippen molar-refractivity contribution >= 4 is 5.78 Å². The number of methoxy groups -OCH3 is 1. The van der Waals surface area contributed by atoms with Gasteiger partial charge in [0, 0.05) is 12.5 Å². The van der Waals surface area contributed by atoms with Crippen LogP contribution in [0.5, 0.6) is 5.75 Å². The van der Waals surface area contributed by atoms with Crippen molar-refractivity contribution in [2.45, 2.75) is 71.1 Å². The lowest BCUT2D eigenvalue weighted by atomic mass is 9.87. The zero-order chi connectivity index (χ0) is 23.0. The topological polar surface area (TPSA) is 35.5 Å². The van der Waals surface area contributed by atoms with E-state index in [2.05, 4.69) is 12.2 Å². The first-order valence-electron chi connectivity index (χ1n) is 12.0. The van der Waals surface area contributed by atoms with E-state index >= 15 is 0 Å². The molecule has 176 valence electrons. The van der Waals surface area contributed by atoms with Crippen LogP contribution in [0.15, 0.2) is 60.7 Å². The molecule has 1 aliphatic rings. The van der Waals surface area contributed by atoms with Gasteiger partial charge in [0.25, 0.3) is 0 Å². The molecule has 3 nitrogen and oxygen atoms in total. The van der Waals surface area contributed by atoms with Crippen LogP contribution < -0.4 is 4.74 Å². The van der Waals surface area contributed by atoms with Crippen molar-refractivity contribution in [3.8, 4) is 5.75 Å². The number of unbranched alkanes of at least 4 members (excludes halogenated alkanes) is 2. The van der Waals surface area contributed by atoms with Crippen molar-refractivity contribution in [2.24, 2.45) is 11.8 Å². The molecule has 0 radical (unpaired) electrons. The molecule has 0 bridgehead atoms. The number of alkyl halides is 1. The van der Waals surface area contributed by atoms with Gasteiger partial charge in [0.15, 0.2) is 5.78 Å². The summed E-state index contributed by atoms with van der Waals surface area (Å²) in [5, 5.41) is 0. The first kappa shape index (κ1) is 26.1. The normalized spacial score (nSPS) is 19.4. The van der Waals surface area contributed by atoms with Gasteiger partial charge in [-0.05, 0) is 81.1 Å². The third kappa shape index (κ3) is 9.95. The molecule has 3 atom stereocenters. The van der Waals surface area contributed by atoms with Crippen LogP contribution in [0, 0.1) is 11.8 Å². The average Bonchev–Trinajstić information content (AvgIpc) is 3.16. The number of ether oxygens (including phenoxy) is 2. The molecule has 0 amide bonds. The van der Waals surface area contributed by atoms with Gasteiger partial charge in [0.05, 0.1) is 13.7 Å². The van der Waals surface area contributed by atoms with Crippen LogP contribution in [0.3, 0.4) is 0 Å². The number of carbonyl (C=O) groups is 1. The first-order valence-corrected chi connectivity index (χ1v) is 12.0. The second-order valence-electron chi connectivity index (χ2n) is 8.43. The molecule has 0 heterocycles. The molecule has 1 aromatic carbocycles. The summed E-state index contributed by atoms with van der Waals surface area (Å²) in [6.45, 7) is 3.42. The van der Waals surface area contributed by atoms with Gasteiger partial charge in [0.2, 0.25) is 0 Å². The van der Waals surface area contributed by atoms with Gasteiger partial charge in [-0.3, -0.25) is 4.79 Å². The van der Waals surface area contributed by atoms with E-state index in [0.29, 0.717) is 25.9 Å². The highest BCUT2D eigenvalue weighted by Gasteiger charge is 2.29. The van der Waals surface area contributed by atoms with Crippen LogP contribution in [0.2, 0.25) is 0 Å². The van der Waals surface area contributed by atoms with Crippen LogP contribution in [0.25, 0.3) is 0 Å². The summed E-state index contributed by atoms with van der Waals surface area (Å²) < 4.78 is 24.9. The fourth-order valence-electron chi connectivity index (χ4n) is 3.92. The minimum Gasteiger partial charge on any atom is -0.497 e. The molecule has 0 saturated heterocycles. The predicted octanol–water partition coefficient (Wildman–Crippen LogP) is 7.17. The Labute approximate surface area is 193 Å². The van der Waals surface area contributed by atoms with Gasteiger partial charge >= 0.3 is 0 Å². The molecule has 0 N–H and O–H groups in total. The van der Waals surface area contributed by atoms with Crippen molar-refractivity contribution in [3.63, 3.8) is 0 Å². The van der Waals surface area contributed by atoms with E-state index < -0.39 is 6.17 Å². The molecular formula is C28H39FO3. The number of hydrogen-bond acceptors (Lipinski definition) is 3. The summed E-state index contributed by atoms with van der Waals surface area (Å²) in [7, 11) is 1.66. The monoisotopic (exact) mass is 442 g/mol. The Bertz CT molecular complexity index is 736. The molecule has 0 spiro atoms. The number of rotatable bonds is 16.